The van der Waals surface area contributed by atoms with Crippen molar-refractivity contribution < 1.29 is 24.3 Å². The second-order valence-corrected chi connectivity index (χ2v) is 5.98. The highest BCUT2D eigenvalue weighted by Crippen LogP contribution is 2.37. The number of carboxylic acid groups (broad SMARTS) is 1. The molecule has 2 aliphatic rings. The van der Waals surface area contributed by atoms with Gasteiger partial charge in [0.2, 0.25) is 0 Å². The van der Waals surface area contributed by atoms with Gasteiger partial charge in [-0.1, -0.05) is 6.07 Å². The summed E-state index contributed by atoms with van der Waals surface area (Å²) in [4.78, 5) is 13.8. The second-order valence-electron chi connectivity index (χ2n) is 5.98. The number of carboxylic acids is 1. The molecule has 0 amide bonds. The second kappa shape index (κ2) is 6.78. The number of benzene rings is 1. The highest BCUT2D eigenvalue weighted by atomic mass is 16.5. The molecule has 0 unspecified atom stereocenters. The fraction of sp³-hybridized carbons (Fsp3) is 0.533. The van der Waals surface area contributed by atoms with E-state index in [9.17, 15) is 14.9 Å². The zero-order valence-electron chi connectivity index (χ0n) is 12.9. The summed E-state index contributed by atoms with van der Waals surface area (Å²) in [6.07, 6.45) is 1.97. The van der Waals surface area contributed by atoms with Gasteiger partial charge in [0.15, 0.2) is 0 Å². The lowest BCUT2D eigenvalue weighted by Gasteiger charge is -2.39. The monoisotopic (exact) mass is 320 g/mol. The third kappa shape index (κ3) is 3.44. The molecule has 0 radical (unpaired) electrons. The van der Waals surface area contributed by atoms with Gasteiger partial charge < -0.3 is 25.3 Å². The Morgan fingerprint density at radius 2 is 2.26 bits per heavy atom. The molecule has 0 aliphatic carbocycles. The molecule has 23 heavy (non-hydrogen) atoms. The molecule has 7 nitrogen and oxygen atoms in total. The van der Waals surface area contributed by atoms with Crippen LogP contribution in [-0.4, -0.2) is 60.4 Å². The van der Waals surface area contributed by atoms with E-state index in [-0.39, 0.29) is 17.4 Å². The van der Waals surface area contributed by atoms with Crippen molar-refractivity contribution in [2.45, 2.75) is 25.3 Å². The standard InChI is InChI=1S/C15H21BN2O5/c17-6-1-7-18-8-11(9-18)22-12-3-2-10-4-5-16(21)23-14(10)13(12)15(19)20/h2-3,11,21H,1,4-9,17H2,(H,19,20). The van der Waals surface area contributed by atoms with Crippen LogP contribution in [0.25, 0.3) is 0 Å². The van der Waals surface area contributed by atoms with Crippen LogP contribution in [0.1, 0.15) is 22.3 Å². The molecule has 1 fully saturated rings. The molecule has 3 rings (SSSR count). The fourth-order valence-corrected chi connectivity index (χ4v) is 2.99. The average molecular weight is 320 g/mol. The van der Waals surface area contributed by atoms with Crippen LogP contribution in [0.2, 0.25) is 6.32 Å². The highest BCUT2D eigenvalue weighted by molar-refractivity contribution is 6.44. The van der Waals surface area contributed by atoms with Gasteiger partial charge in [0.1, 0.15) is 23.2 Å². The molecular weight excluding hydrogens is 299 g/mol. The van der Waals surface area contributed by atoms with E-state index in [0.717, 1.165) is 31.6 Å². The number of hydrogen-bond donors (Lipinski definition) is 3. The van der Waals surface area contributed by atoms with Gasteiger partial charge in [0.25, 0.3) is 0 Å². The summed E-state index contributed by atoms with van der Waals surface area (Å²) >= 11 is 0. The Hall–Kier alpha value is -1.77. The van der Waals surface area contributed by atoms with E-state index in [1.54, 1.807) is 6.07 Å². The SMILES string of the molecule is NCCCN1CC(Oc2ccc3c(c2C(=O)O)OB(O)CC3)C1. The quantitative estimate of drug-likeness (QED) is 0.644. The molecule has 0 bridgehead atoms. The smallest absolute Gasteiger partial charge is 0.522 e. The number of aromatic carboxylic acids is 1. The minimum Gasteiger partial charge on any atom is -0.535 e. The predicted molar refractivity (Wildman–Crippen MR) is 85.0 cm³/mol. The third-order valence-electron chi connectivity index (χ3n) is 4.23. The molecule has 1 saturated heterocycles. The van der Waals surface area contributed by atoms with Gasteiger partial charge in [-0.25, -0.2) is 4.79 Å². The van der Waals surface area contributed by atoms with Gasteiger partial charge in [-0.2, -0.15) is 0 Å². The van der Waals surface area contributed by atoms with Crippen LogP contribution in [0.4, 0.5) is 0 Å². The molecule has 0 aromatic heterocycles. The summed E-state index contributed by atoms with van der Waals surface area (Å²) in [5.74, 6) is -0.577. The molecule has 8 heteroatoms. The van der Waals surface area contributed by atoms with Crippen LogP contribution in [-0.2, 0) is 6.42 Å². The topological polar surface area (TPSA) is 105 Å². The minimum absolute atomic E-state index is 0.00154. The Balaban J connectivity index is 1.73. The Labute approximate surface area is 135 Å². The van der Waals surface area contributed by atoms with Gasteiger partial charge in [0, 0.05) is 13.1 Å². The van der Waals surface area contributed by atoms with Crippen molar-refractivity contribution in [3.63, 3.8) is 0 Å². The van der Waals surface area contributed by atoms with E-state index < -0.39 is 13.1 Å². The number of ether oxygens (including phenoxy) is 1. The van der Waals surface area contributed by atoms with Crippen LogP contribution in [0.5, 0.6) is 11.5 Å². The molecule has 4 N–H and O–H groups in total. The van der Waals surface area contributed by atoms with Gasteiger partial charge in [-0.05, 0) is 43.9 Å². The normalized spacial score (nSPS) is 18.1. The molecule has 2 aliphatic heterocycles. The lowest BCUT2D eigenvalue weighted by molar-refractivity contribution is 0.0186. The van der Waals surface area contributed by atoms with Gasteiger partial charge in [-0.3, -0.25) is 4.90 Å². The van der Waals surface area contributed by atoms with Crippen molar-refractivity contribution in [3.05, 3.63) is 23.3 Å². The maximum Gasteiger partial charge on any atom is 0.522 e. The lowest BCUT2D eigenvalue weighted by Crippen LogP contribution is -2.54. The summed E-state index contributed by atoms with van der Waals surface area (Å²) in [5.41, 5.74) is 6.28. The first-order chi connectivity index (χ1) is 11.1. The minimum atomic E-state index is -1.11. The molecule has 1 aromatic rings. The van der Waals surface area contributed by atoms with E-state index in [1.807, 2.05) is 6.07 Å². The molecule has 0 saturated carbocycles. The zero-order chi connectivity index (χ0) is 16.4. The number of nitrogens with zero attached hydrogens (tertiary/aromatic N) is 1. The number of rotatable bonds is 6. The van der Waals surface area contributed by atoms with Crippen molar-refractivity contribution >= 4 is 13.1 Å². The first-order valence-corrected chi connectivity index (χ1v) is 7.91. The number of likely N-dealkylation sites (tertiary alicyclic amines) is 1. The summed E-state index contributed by atoms with van der Waals surface area (Å²) in [5, 5.41) is 19.2. The zero-order valence-corrected chi connectivity index (χ0v) is 12.9. The molecular formula is C15H21BN2O5. The summed E-state index contributed by atoms with van der Waals surface area (Å²) in [7, 11) is -0.966. The van der Waals surface area contributed by atoms with Crippen LogP contribution in [0.3, 0.4) is 0 Å². The van der Waals surface area contributed by atoms with Gasteiger partial charge >= 0.3 is 13.1 Å². The summed E-state index contributed by atoms with van der Waals surface area (Å²) < 4.78 is 11.2. The number of hydrogen-bond acceptors (Lipinski definition) is 6. The summed E-state index contributed by atoms with van der Waals surface area (Å²) in [6.45, 7) is 3.12. The van der Waals surface area contributed by atoms with Crippen LogP contribution < -0.4 is 15.1 Å². The Bertz CT molecular complexity index is 591. The fourth-order valence-electron chi connectivity index (χ4n) is 2.99. The molecule has 0 spiro atoms. The maximum atomic E-state index is 11.6. The predicted octanol–water partition coefficient (Wildman–Crippen LogP) is 0.212. The van der Waals surface area contributed by atoms with E-state index >= 15 is 0 Å². The van der Waals surface area contributed by atoms with Crippen LogP contribution >= 0.6 is 0 Å². The number of nitrogens with two attached hydrogens (primary N) is 1. The van der Waals surface area contributed by atoms with Crippen molar-refractivity contribution in [1.82, 2.24) is 4.90 Å². The highest BCUT2D eigenvalue weighted by Gasteiger charge is 2.33. The Kier molecular flexibility index (Phi) is 4.75. The Morgan fingerprint density at radius 3 is 2.96 bits per heavy atom. The van der Waals surface area contributed by atoms with Crippen molar-refractivity contribution in [1.29, 1.82) is 0 Å². The maximum absolute atomic E-state index is 11.6. The Morgan fingerprint density at radius 1 is 1.48 bits per heavy atom. The van der Waals surface area contributed by atoms with Crippen LogP contribution in [0, 0.1) is 0 Å². The molecule has 1 aromatic carbocycles. The molecule has 0 atom stereocenters. The third-order valence-corrected chi connectivity index (χ3v) is 4.23. The van der Waals surface area contributed by atoms with E-state index in [0.29, 0.717) is 25.0 Å². The summed E-state index contributed by atoms with van der Waals surface area (Å²) in [6, 6.07) is 3.50. The van der Waals surface area contributed by atoms with E-state index in [2.05, 4.69) is 4.90 Å². The number of carbonyl (C=O) groups is 1. The van der Waals surface area contributed by atoms with Crippen molar-refractivity contribution in [3.8, 4) is 11.5 Å². The van der Waals surface area contributed by atoms with Crippen LogP contribution in [0.15, 0.2) is 12.1 Å². The molecule has 124 valence electrons. The first kappa shape index (κ1) is 16.1. The van der Waals surface area contributed by atoms with E-state index in [1.165, 1.54) is 0 Å². The van der Waals surface area contributed by atoms with Crippen molar-refractivity contribution in [2.75, 3.05) is 26.2 Å². The van der Waals surface area contributed by atoms with Gasteiger partial charge in [0.05, 0.1) is 0 Å². The van der Waals surface area contributed by atoms with Crippen molar-refractivity contribution in [2.24, 2.45) is 5.73 Å². The van der Waals surface area contributed by atoms with E-state index in [4.69, 9.17) is 15.1 Å². The molecule has 2 heterocycles. The number of aryl methyl sites for hydroxylation is 1. The average Bonchev–Trinajstić information content (AvgIpc) is 2.48. The van der Waals surface area contributed by atoms with Gasteiger partial charge in [-0.15, -0.1) is 0 Å². The first-order valence-electron chi connectivity index (χ1n) is 7.91. The number of fused-ring (bicyclic) bond motifs is 1. The lowest BCUT2D eigenvalue weighted by atomic mass is 9.78. The largest absolute Gasteiger partial charge is 0.535 e.